The lowest BCUT2D eigenvalue weighted by molar-refractivity contribution is 0.654. The molecule has 122 valence electrons. The molecule has 24 heavy (non-hydrogen) atoms. The molecule has 0 fully saturated rings. The van der Waals surface area contributed by atoms with E-state index in [1.165, 1.54) is 6.33 Å². The van der Waals surface area contributed by atoms with Gasteiger partial charge in [0.15, 0.2) is 5.82 Å². The van der Waals surface area contributed by atoms with Crippen LogP contribution in [0.15, 0.2) is 29.3 Å². The number of hydrogen-bond acceptors (Lipinski definition) is 5. The summed E-state index contributed by atoms with van der Waals surface area (Å²) in [5.74, 6) is 0.678. The first-order valence-corrected chi connectivity index (χ1v) is 7.77. The molecule has 0 amide bonds. The molecular weight excluding hydrogens is 306 g/mol. The zero-order chi connectivity index (χ0) is 16.7. The number of benzene rings is 1. The molecule has 0 aliphatic heterocycles. The van der Waals surface area contributed by atoms with Gasteiger partial charge in [-0.25, -0.2) is 4.98 Å². The van der Waals surface area contributed by atoms with Crippen molar-refractivity contribution >= 4 is 21.8 Å². The summed E-state index contributed by atoms with van der Waals surface area (Å²) >= 11 is 0. The number of hydrogen-bond donors (Lipinski definition) is 3. The van der Waals surface area contributed by atoms with Crippen LogP contribution in [0.5, 0.6) is 0 Å². The molecule has 0 radical (unpaired) electrons. The van der Waals surface area contributed by atoms with Crippen LogP contribution in [0, 0.1) is 6.92 Å². The van der Waals surface area contributed by atoms with Crippen molar-refractivity contribution in [1.82, 2.24) is 29.9 Å². The van der Waals surface area contributed by atoms with E-state index in [-0.39, 0.29) is 5.56 Å². The van der Waals surface area contributed by atoms with Gasteiger partial charge in [-0.05, 0) is 38.1 Å². The van der Waals surface area contributed by atoms with E-state index >= 15 is 0 Å². The fourth-order valence-corrected chi connectivity index (χ4v) is 3.05. The van der Waals surface area contributed by atoms with Crippen molar-refractivity contribution < 1.29 is 0 Å². The van der Waals surface area contributed by atoms with Crippen molar-refractivity contribution in [2.45, 2.75) is 19.9 Å². The second-order valence-electron chi connectivity index (χ2n) is 5.74. The first-order valence-electron chi connectivity index (χ1n) is 7.77. The lowest BCUT2D eigenvalue weighted by Gasteiger charge is -2.11. The Balaban J connectivity index is 2.08. The number of H-pyrrole nitrogens is 2. The highest BCUT2D eigenvalue weighted by molar-refractivity contribution is 6.05. The number of nitrogens with zero attached hydrogens (tertiary/aromatic N) is 4. The van der Waals surface area contributed by atoms with E-state index in [9.17, 15) is 4.79 Å². The Hall–Kier alpha value is -3.00. The number of pyridine rings is 1. The number of nitrogens with one attached hydrogen (secondary N) is 2. The largest absolute Gasteiger partial charge is 0.330 e. The Kier molecular flexibility index (Phi) is 3.39. The molecule has 4 aromatic rings. The number of aromatic amines is 2. The van der Waals surface area contributed by atoms with E-state index in [0.29, 0.717) is 29.8 Å². The predicted octanol–water partition coefficient (Wildman–Crippen LogP) is 1.32. The summed E-state index contributed by atoms with van der Waals surface area (Å²) < 4.78 is 1.78. The number of fused-ring (bicyclic) bond motifs is 3. The second kappa shape index (κ2) is 5.57. The van der Waals surface area contributed by atoms with Crippen LogP contribution in [0.4, 0.5) is 0 Å². The van der Waals surface area contributed by atoms with E-state index in [2.05, 4.69) is 25.4 Å². The molecule has 0 aliphatic rings. The van der Waals surface area contributed by atoms with Crippen LogP contribution in [0.1, 0.15) is 12.1 Å². The van der Waals surface area contributed by atoms with Gasteiger partial charge in [0, 0.05) is 23.2 Å². The third-order valence-corrected chi connectivity index (χ3v) is 4.22. The summed E-state index contributed by atoms with van der Waals surface area (Å²) in [4.78, 5) is 17.1. The van der Waals surface area contributed by atoms with Gasteiger partial charge in [0.2, 0.25) is 0 Å². The highest BCUT2D eigenvalue weighted by atomic mass is 16.1. The molecular formula is C16H17N7O. The highest BCUT2D eigenvalue weighted by Crippen LogP contribution is 2.27. The van der Waals surface area contributed by atoms with Crippen LogP contribution >= 0.6 is 0 Å². The molecule has 0 bridgehead atoms. The van der Waals surface area contributed by atoms with Crippen molar-refractivity contribution in [2.75, 3.05) is 6.54 Å². The van der Waals surface area contributed by atoms with Crippen molar-refractivity contribution in [1.29, 1.82) is 0 Å². The predicted molar refractivity (Wildman–Crippen MR) is 91.6 cm³/mol. The third kappa shape index (κ3) is 2.11. The molecule has 1 aromatic carbocycles. The van der Waals surface area contributed by atoms with Gasteiger partial charge in [-0.2, -0.15) is 10.2 Å². The molecule has 3 aromatic heterocycles. The van der Waals surface area contributed by atoms with Crippen molar-refractivity contribution in [2.24, 2.45) is 5.73 Å². The summed E-state index contributed by atoms with van der Waals surface area (Å²) in [6, 6.07) is 5.83. The van der Waals surface area contributed by atoms with Crippen molar-refractivity contribution in [3.05, 3.63) is 40.6 Å². The minimum Gasteiger partial charge on any atom is -0.330 e. The number of nitrogens with two attached hydrogens (primary N) is 1. The molecule has 4 rings (SSSR count). The Bertz CT molecular complexity index is 1080. The molecule has 0 aliphatic carbocycles. The van der Waals surface area contributed by atoms with Crippen molar-refractivity contribution in [3.63, 3.8) is 0 Å². The summed E-state index contributed by atoms with van der Waals surface area (Å²) in [6.45, 7) is 2.97. The lowest BCUT2D eigenvalue weighted by atomic mass is 10.1. The van der Waals surface area contributed by atoms with Gasteiger partial charge in [-0.15, -0.1) is 0 Å². The minimum atomic E-state index is -0.0374. The zero-order valence-electron chi connectivity index (χ0n) is 13.2. The van der Waals surface area contributed by atoms with E-state index < -0.39 is 0 Å². The van der Waals surface area contributed by atoms with E-state index in [1.54, 1.807) is 4.57 Å². The van der Waals surface area contributed by atoms with Crippen LogP contribution < -0.4 is 11.3 Å². The van der Waals surface area contributed by atoms with Gasteiger partial charge in [0.25, 0.3) is 5.56 Å². The molecule has 3 heterocycles. The maximum absolute atomic E-state index is 12.9. The summed E-state index contributed by atoms with van der Waals surface area (Å²) in [5.41, 5.74) is 8.77. The van der Waals surface area contributed by atoms with E-state index in [0.717, 1.165) is 28.6 Å². The summed E-state index contributed by atoms with van der Waals surface area (Å²) in [6.07, 6.45) is 2.21. The summed E-state index contributed by atoms with van der Waals surface area (Å²) in [5, 5.41) is 15.5. The second-order valence-corrected chi connectivity index (χ2v) is 5.74. The van der Waals surface area contributed by atoms with Crippen LogP contribution in [0.3, 0.4) is 0 Å². The minimum absolute atomic E-state index is 0.0374. The van der Waals surface area contributed by atoms with Gasteiger partial charge in [0.05, 0.1) is 10.9 Å². The fraction of sp³-hybridized carbons (Fsp3) is 0.250. The van der Waals surface area contributed by atoms with Gasteiger partial charge < -0.3 is 10.3 Å². The van der Waals surface area contributed by atoms with Gasteiger partial charge in [-0.1, -0.05) is 0 Å². The molecule has 0 atom stereocenters. The average molecular weight is 323 g/mol. The van der Waals surface area contributed by atoms with Gasteiger partial charge >= 0.3 is 0 Å². The van der Waals surface area contributed by atoms with Crippen LogP contribution in [-0.4, -0.2) is 36.5 Å². The number of rotatable bonds is 4. The van der Waals surface area contributed by atoms with Crippen molar-refractivity contribution in [3.8, 4) is 11.4 Å². The molecule has 0 saturated carbocycles. The standard InChI is InChI=1S/C16H17N7O/c1-9-13-14(21-20-9)11-7-10(15-18-8-19-22-15)3-4-12(11)23(16(13)24)6-2-5-17/h3-4,7-8H,2,5-6,17H2,1H3,(H,20,21)(H,18,19,22). The molecule has 0 saturated heterocycles. The van der Waals surface area contributed by atoms with Crippen LogP contribution in [0.25, 0.3) is 33.2 Å². The molecule has 4 N–H and O–H groups in total. The van der Waals surface area contributed by atoms with E-state index in [1.807, 2.05) is 25.1 Å². The van der Waals surface area contributed by atoms with E-state index in [4.69, 9.17) is 5.73 Å². The highest BCUT2D eigenvalue weighted by Gasteiger charge is 2.16. The Labute approximate surface area is 136 Å². The molecule has 0 unspecified atom stereocenters. The van der Waals surface area contributed by atoms with Crippen LogP contribution in [0.2, 0.25) is 0 Å². The fourth-order valence-electron chi connectivity index (χ4n) is 3.05. The normalized spacial score (nSPS) is 11.6. The maximum Gasteiger partial charge on any atom is 0.262 e. The van der Waals surface area contributed by atoms with Gasteiger partial charge in [0.1, 0.15) is 11.8 Å². The Morgan fingerprint density at radius 1 is 1.29 bits per heavy atom. The quantitative estimate of drug-likeness (QED) is 0.523. The average Bonchev–Trinajstić information content (AvgIpc) is 3.24. The molecule has 8 nitrogen and oxygen atoms in total. The Morgan fingerprint density at radius 2 is 2.17 bits per heavy atom. The number of aryl methyl sites for hydroxylation is 2. The summed E-state index contributed by atoms with van der Waals surface area (Å²) in [7, 11) is 0. The maximum atomic E-state index is 12.9. The lowest BCUT2D eigenvalue weighted by Crippen LogP contribution is -2.22. The zero-order valence-corrected chi connectivity index (χ0v) is 13.2. The first-order chi connectivity index (χ1) is 11.7. The third-order valence-electron chi connectivity index (χ3n) is 4.22. The number of aromatic nitrogens is 6. The molecule has 8 heteroatoms. The first kappa shape index (κ1) is 14.6. The van der Waals surface area contributed by atoms with Gasteiger partial charge in [-0.3, -0.25) is 15.0 Å². The smallest absolute Gasteiger partial charge is 0.262 e. The molecule has 0 spiro atoms. The Morgan fingerprint density at radius 3 is 2.92 bits per heavy atom. The van der Waals surface area contributed by atoms with Crippen LogP contribution in [-0.2, 0) is 6.54 Å². The monoisotopic (exact) mass is 323 g/mol. The topological polar surface area (TPSA) is 118 Å². The SMILES string of the molecule is Cc1[nH]nc2c1c(=O)n(CCCN)c1ccc(-c3ncn[nH]3)cc21.